The van der Waals surface area contributed by atoms with Crippen LogP contribution in [-0.4, -0.2) is 58.2 Å². The van der Waals surface area contributed by atoms with E-state index in [-0.39, 0.29) is 24.4 Å². The lowest BCUT2D eigenvalue weighted by Gasteiger charge is -2.11. The van der Waals surface area contributed by atoms with Crippen molar-refractivity contribution in [3.8, 4) is 6.01 Å². The van der Waals surface area contributed by atoms with Gasteiger partial charge in [0.25, 0.3) is 10.0 Å². The molecule has 0 radical (unpaired) electrons. The average Bonchev–Trinajstić information content (AvgIpc) is 2.60. The fourth-order valence-corrected chi connectivity index (χ4v) is 3.20. The maximum Gasteiger partial charge on any atom is 0.337 e. The number of hydrogen-bond acceptors (Lipinski definition) is 9. The molecule has 2 aromatic rings. The largest absolute Gasteiger partial charge is 0.478 e. The number of anilines is 1. The molecule has 0 aliphatic carbocycles. The molecule has 2 rings (SSSR count). The molecular formula is C15H15N5O8S. The highest BCUT2D eigenvalue weighted by atomic mass is 32.2. The summed E-state index contributed by atoms with van der Waals surface area (Å²) in [4.78, 5) is 44.9. The topological polar surface area (TPSA) is 198 Å². The van der Waals surface area contributed by atoms with Crippen LogP contribution in [0.15, 0.2) is 23.1 Å². The van der Waals surface area contributed by atoms with Crippen molar-refractivity contribution in [1.82, 2.24) is 19.7 Å². The predicted octanol–water partition coefficient (Wildman–Crippen LogP) is 0.486. The summed E-state index contributed by atoms with van der Waals surface area (Å²) in [6, 6.07) is 0.952. The lowest BCUT2D eigenvalue weighted by atomic mass is 10.1. The zero-order valence-corrected chi connectivity index (χ0v) is 15.8. The second-order valence-electron chi connectivity index (χ2n) is 5.30. The molecule has 14 heteroatoms. The monoisotopic (exact) mass is 425 g/mol. The number of urea groups is 1. The molecule has 154 valence electrons. The summed E-state index contributed by atoms with van der Waals surface area (Å²) < 4.78 is 31.6. The van der Waals surface area contributed by atoms with Crippen LogP contribution in [0.25, 0.3) is 0 Å². The van der Waals surface area contributed by atoms with Gasteiger partial charge in [-0.25, -0.2) is 27.5 Å². The van der Waals surface area contributed by atoms with E-state index in [1.165, 1.54) is 6.92 Å². The number of sulfonamides is 1. The minimum Gasteiger partial charge on any atom is -0.478 e. The van der Waals surface area contributed by atoms with Crippen LogP contribution in [0.3, 0.4) is 0 Å². The molecule has 1 heterocycles. The van der Waals surface area contributed by atoms with Crippen LogP contribution in [0.4, 0.5) is 10.7 Å². The Hall–Kier alpha value is -3.81. The van der Waals surface area contributed by atoms with Crippen molar-refractivity contribution < 1.29 is 37.8 Å². The van der Waals surface area contributed by atoms with E-state index in [2.05, 4.69) is 20.3 Å². The molecule has 13 nitrogen and oxygen atoms in total. The molecule has 0 atom stereocenters. The maximum absolute atomic E-state index is 12.5. The smallest absolute Gasteiger partial charge is 0.337 e. The first-order valence-corrected chi connectivity index (χ1v) is 9.31. The number of aromatic nitrogens is 3. The van der Waals surface area contributed by atoms with E-state index in [9.17, 15) is 22.8 Å². The van der Waals surface area contributed by atoms with Crippen LogP contribution >= 0.6 is 0 Å². The Morgan fingerprint density at radius 1 is 1.10 bits per heavy atom. The molecule has 0 saturated carbocycles. The summed E-state index contributed by atoms with van der Waals surface area (Å²) in [6.45, 7) is 3.40. The van der Waals surface area contributed by atoms with Crippen LogP contribution < -0.4 is 14.8 Å². The number of amides is 2. The van der Waals surface area contributed by atoms with Gasteiger partial charge in [-0.15, -0.1) is 0 Å². The van der Waals surface area contributed by atoms with E-state index in [1.54, 1.807) is 11.6 Å². The van der Waals surface area contributed by atoms with Crippen LogP contribution in [-0.2, 0) is 10.0 Å². The molecular weight excluding hydrogens is 410 g/mol. The van der Waals surface area contributed by atoms with E-state index in [0.29, 0.717) is 6.07 Å². The molecule has 1 aromatic heterocycles. The normalized spacial score (nSPS) is 10.8. The van der Waals surface area contributed by atoms with E-state index in [4.69, 9.17) is 14.9 Å². The van der Waals surface area contributed by atoms with Crippen molar-refractivity contribution in [2.75, 3.05) is 11.9 Å². The molecule has 4 N–H and O–H groups in total. The van der Waals surface area contributed by atoms with Crippen LogP contribution in [0.1, 0.15) is 33.5 Å². The van der Waals surface area contributed by atoms with E-state index in [0.717, 1.165) is 12.1 Å². The number of ether oxygens (including phenoxy) is 1. The summed E-state index contributed by atoms with van der Waals surface area (Å²) in [5.74, 6) is -3.24. The van der Waals surface area contributed by atoms with Gasteiger partial charge in [0, 0.05) is 0 Å². The van der Waals surface area contributed by atoms with Gasteiger partial charge in [-0.3, -0.25) is 5.32 Å². The quantitative estimate of drug-likeness (QED) is 0.481. The first-order chi connectivity index (χ1) is 13.5. The third-order valence-corrected chi connectivity index (χ3v) is 4.57. The Morgan fingerprint density at radius 2 is 1.79 bits per heavy atom. The van der Waals surface area contributed by atoms with Crippen LogP contribution in [0.2, 0.25) is 0 Å². The van der Waals surface area contributed by atoms with Gasteiger partial charge in [-0.05, 0) is 32.0 Å². The summed E-state index contributed by atoms with van der Waals surface area (Å²) in [7, 11) is -4.75. The van der Waals surface area contributed by atoms with Crippen molar-refractivity contribution in [2.45, 2.75) is 18.7 Å². The molecule has 0 aliphatic rings. The van der Waals surface area contributed by atoms with Crippen LogP contribution in [0, 0.1) is 6.92 Å². The molecule has 2 amide bonds. The Balaban J connectivity index is 2.32. The lowest BCUT2D eigenvalue weighted by Crippen LogP contribution is -2.35. The minimum absolute atomic E-state index is 0.0968. The van der Waals surface area contributed by atoms with E-state index < -0.39 is 44.0 Å². The molecule has 0 bridgehead atoms. The Labute approximate surface area is 163 Å². The number of aromatic carboxylic acids is 2. The minimum atomic E-state index is -4.75. The van der Waals surface area contributed by atoms with Gasteiger partial charge >= 0.3 is 24.0 Å². The van der Waals surface area contributed by atoms with Gasteiger partial charge in [0.15, 0.2) is 0 Å². The summed E-state index contributed by atoms with van der Waals surface area (Å²) in [6.07, 6.45) is 0. The zero-order chi connectivity index (χ0) is 21.8. The molecule has 0 spiro atoms. The summed E-state index contributed by atoms with van der Waals surface area (Å²) in [5.41, 5.74) is -1.20. The number of benzene rings is 1. The van der Waals surface area contributed by atoms with Crippen molar-refractivity contribution in [3.05, 3.63) is 35.2 Å². The molecule has 0 fully saturated rings. The number of rotatable bonds is 7. The number of hydrogen-bond donors (Lipinski definition) is 4. The van der Waals surface area contributed by atoms with E-state index in [1.807, 2.05) is 0 Å². The van der Waals surface area contributed by atoms with Gasteiger partial charge in [0.05, 0.1) is 17.7 Å². The number of aryl methyl sites for hydroxylation is 1. The number of carboxylic acid groups (broad SMARTS) is 2. The summed E-state index contributed by atoms with van der Waals surface area (Å²) >= 11 is 0. The lowest BCUT2D eigenvalue weighted by molar-refractivity contribution is 0.0678. The third-order valence-electron chi connectivity index (χ3n) is 3.20. The van der Waals surface area contributed by atoms with Crippen molar-refractivity contribution in [1.29, 1.82) is 0 Å². The third kappa shape index (κ3) is 5.35. The van der Waals surface area contributed by atoms with Gasteiger partial charge < -0.3 is 14.9 Å². The highest BCUT2D eigenvalue weighted by Gasteiger charge is 2.26. The van der Waals surface area contributed by atoms with Gasteiger partial charge in [0.2, 0.25) is 5.95 Å². The first kappa shape index (κ1) is 21.5. The Morgan fingerprint density at radius 3 is 2.38 bits per heavy atom. The van der Waals surface area contributed by atoms with E-state index >= 15 is 0 Å². The van der Waals surface area contributed by atoms with Crippen molar-refractivity contribution in [2.24, 2.45) is 0 Å². The second-order valence-corrected chi connectivity index (χ2v) is 6.95. The molecule has 0 saturated heterocycles. The molecule has 0 unspecified atom stereocenters. The molecule has 29 heavy (non-hydrogen) atoms. The first-order valence-electron chi connectivity index (χ1n) is 7.83. The fourth-order valence-electron chi connectivity index (χ4n) is 2.07. The van der Waals surface area contributed by atoms with Gasteiger partial charge in [-0.1, -0.05) is 0 Å². The van der Waals surface area contributed by atoms with Crippen molar-refractivity contribution >= 4 is 33.9 Å². The Bertz CT molecular complexity index is 1090. The number of carbonyl (C=O) groups is 3. The second kappa shape index (κ2) is 8.47. The molecule has 1 aromatic carbocycles. The van der Waals surface area contributed by atoms with Crippen LogP contribution in [0.5, 0.6) is 6.01 Å². The summed E-state index contributed by atoms with van der Waals surface area (Å²) in [5, 5.41) is 20.2. The highest BCUT2D eigenvalue weighted by Crippen LogP contribution is 2.18. The maximum atomic E-state index is 12.5. The van der Waals surface area contributed by atoms with Gasteiger partial charge in [0.1, 0.15) is 10.7 Å². The number of nitrogens with one attached hydrogen (secondary N) is 2. The fraction of sp³-hybridized carbons (Fsp3) is 0.200. The van der Waals surface area contributed by atoms with Crippen molar-refractivity contribution in [3.63, 3.8) is 0 Å². The number of nitrogens with zero attached hydrogens (tertiary/aromatic N) is 3. The SMILES string of the molecule is CCOc1nc(C)nc(NC(=O)NS(=O)(=O)c2cc(C(=O)O)ccc2C(=O)O)n1. The number of carbonyl (C=O) groups excluding carboxylic acids is 1. The average molecular weight is 425 g/mol. The molecule has 0 aliphatic heterocycles. The highest BCUT2D eigenvalue weighted by molar-refractivity contribution is 7.90. The number of carboxylic acids is 2. The zero-order valence-electron chi connectivity index (χ0n) is 15.0. The van der Waals surface area contributed by atoms with Gasteiger partial charge in [-0.2, -0.15) is 15.0 Å². The predicted molar refractivity (Wildman–Crippen MR) is 95.4 cm³/mol. The Kier molecular flexibility index (Phi) is 6.28. The standard InChI is InChI=1S/C15H15N5O8S/c1-3-28-15-17-7(2)16-13(19-15)18-14(25)20-29(26,27)10-6-8(11(21)22)4-5-9(10)12(23)24/h4-6H,3H2,1-2H3,(H,21,22)(H,23,24)(H2,16,17,18,19,20,25).